The van der Waals surface area contributed by atoms with Crippen LogP contribution in [0.1, 0.15) is 13.8 Å². The third-order valence-corrected chi connectivity index (χ3v) is 4.28. The Labute approximate surface area is 110 Å². The molecule has 0 aromatic carbocycles. The van der Waals surface area contributed by atoms with E-state index < -0.39 is 0 Å². The third kappa shape index (κ3) is 3.91. The second-order valence-electron chi connectivity index (χ2n) is 5.98. The Hall–Kier alpha value is -0.690. The molecule has 1 fully saturated rings. The minimum Gasteiger partial charge on any atom is -0.350 e. The Bertz CT molecular complexity index is 284. The fourth-order valence-electron chi connectivity index (χ4n) is 2.31. The van der Waals surface area contributed by atoms with Gasteiger partial charge in [0.05, 0.1) is 13.1 Å². The zero-order valence-electron chi connectivity index (χ0n) is 12.0. The molecule has 0 saturated carbocycles. The molecule has 1 saturated heterocycles. The lowest BCUT2D eigenvalue weighted by atomic mass is 10.2. The Morgan fingerprint density at radius 3 is 2.28 bits per heavy atom. The molecule has 5 N–H and O–H groups in total. The SMILES string of the molecule is CC(C)[N+]1(C)CC[N+](N)(CC(=O)NCCN)CC1. The van der Waals surface area contributed by atoms with Crippen LogP contribution >= 0.6 is 0 Å². The van der Waals surface area contributed by atoms with Crippen molar-refractivity contribution in [2.45, 2.75) is 19.9 Å². The molecule has 18 heavy (non-hydrogen) atoms. The van der Waals surface area contributed by atoms with E-state index in [0.717, 1.165) is 30.7 Å². The molecule has 0 aliphatic carbocycles. The first-order chi connectivity index (χ1) is 8.31. The lowest BCUT2D eigenvalue weighted by Crippen LogP contribution is -2.71. The summed E-state index contributed by atoms with van der Waals surface area (Å²) in [7, 11) is 2.27. The van der Waals surface area contributed by atoms with Gasteiger partial charge in [0.25, 0.3) is 5.91 Å². The van der Waals surface area contributed by atoms with E-state index in [4.69, 9.17) is 11.6 Å². The summed E-state index contributed by atoms with van der Waals surface area (Å²) in [4.78, 5) is 11.7. The molecule has 1 aliphatic heterocycles. The van der Waals surface area contributed by atoms with Crippen LogP contribution in [0.3, 0.4) is 0 Å². The number of hydrogen-bond acceptors (Lipinski definition) is 3. The van der Waals surface area contributed by atoms with Gasteiger partial charge in [-0.1, -0.05) is 0 Å². The molecule has 0 atom stereocenters. The first-order valence-corrected chi connectivity index (χ1v) is 6.77. The van der Waals surface area contributed by atoms with Crippen molar-refractivity contribution in [3.05, 3.63) is 0 Å². The highest BCUT2D eigenvalue weighted by atomic mass is 16.2. The van der Waals surface area contributed by atoms with Crippen LogP contribution in [0, 0.1) is 0 Å². The van der Waals surface area contributed by atoms with Gasteiger partial charge >= 0.3 is 0 Å². The van der Waals surface area contributed by atoms with E-state index in [1.165, 1.54) is 0 Å². The van der Waals surface area contributed by atoms with Gasteiger partial charge in [0, 0.05) is 13.1 Å². The lowest BCUT2D eigenvalue weighted by Gasteiger charge is -2.47. The fraction of sp³-hybridized carbons (Fsp3) is 0.917. The minimum absolute atomic E-state index is 0.00333. The van der Waals surface area contributed by atoms with Crippen LogP contribution in [0.5, 0.6) is 0 Å². The van der Waals surface area contributed by atoms with Gasteiger partial charge in [0.15, 0.2) is 6.54 Å². The molecule has 1 aliphatic rings. The summed E-state index contributed by atoms with van der Waals surface area (Å²) in [6.07, 6.45) is 0. The van der Waals surface area contributed by atoms with Crippen LogP contribution in [-0.2, 0) is 4.79 Å². The average molecular weight is 259 g/mol. The monoisotopic (exact) mass is 259 g/mol. The van der Waals surface area contributed by atoms with Crippen LogP contribution in [0.2, 0.25) is 0 Å². The Kier molecular flexibility index (Phi) is 5.10. The van der Waals surface area contributed by atoms with E-state index in [0.29, 0.717) is 30.3 Å². The highest BCUT2D eigenvalue weighted by Crippen LogP contribution is 2.17. The number of nitrogens with one attached hydrogen (secondary N) is 1. The fourth-order valence-corrected chi connectivity index (χ4v) is 2.31. The summed E-state index contributed by atoms with van der Waals surface area (Å²) in [6, 6.07) is 0.602. The number of rotatable bonds is 5. The van der Waals surface area contributed by atoms with E-state index in [-0.39, 0.29) is 5.91 Å². The molecule has 1 amide bonds. The smallest absolute Gasteiger partial charge is 0.277 e. The van der Waals surface area contributed by atoms with Gasteiger partial charge < -0.3 is 15.5 Å². The molecule has 106 valence electrons. The van der Waals surface area contributed by atoms with Gasteiger partial charge in [-0.05, 0) is 13.8 Å². The molecule has 6 nitrogen and oxygen atoms in total. The van der Waals surface area contributed by atoms with Gasteiger partial charge in [-0.15, -0.1) is 0 Å². The van der Waals surface area contributed by atoms with E-state index in [9.17, 15) is 4.79 Å². The van der Waals surface area contributed by atoms with Gasteiger partial charge in [0.2, 0.25) is 0 Å². The van der Waals surface area contributed by atoms with E-state index in [1.54, 1.807) is 0 Å². The summed E-state index contributed by atoms with van der Waals surface area (Å²) in [5, 5.41) is 2.78. The average Bonchev–Trinajstić information content (AvgIpc) is 2.31. The maximum Gasteiger partial charge on any atom is 0.277 e. The van der Waals surface area contributed by atoms with Crippen molar-refractivity contribution in [1.82, 2.24) is 5.32 Å². The molecule has 0 spiro atoms. The van der Waals surface area contributed by atoms with Crippen LogP contribution in [0.25, 0.3) is 0 Å². The van der Waals surface area contributed by atoms with Crippen molar-refractivity contribution in [3.63, 3.8) is 0 Å². The molecule has 1 heterocycles. The normalized spacial score (nSPS) is 32.6. The van der Waals surface area contributed by atoms with E-state index in [1.807, 2.05) is 0 Å². The second kappa shape index (κ2) is 5.97. The number of amides is 1. The molecular formula is C12H29N5O+2. The maximum absolute atomic E-state index is 11.7. The molecule has 1 rings (SSSR count). The Balaban J connectivity index is 2.47. The van der Waals surface area contributed by atoms with Gasteiger partial charge in [-0.3, -0.25) is 4.79 Å². The summed E-state index contributed by atoms with van der Waals surface area (Å²) in [5.74, 6) is 6.29. The van der Waals surface area contributed by atoms with Gasteiger partial charge in [-0.25, -0.2) is 4.59 Å². The van der Waals surface area contributed by atoms with Crippen LogP contribution in [0.4, 0.5) is 0 Å². The third-order valence-electron chi connectivity index (χ3n) is 4.28. The van der Waals surface area contributed by atoms with Gasteiger partial charge in [0.1, 0.15) is 26.2 Å². The lowest BCUT2D eigenvalue weighted by molar-refractivity contribution is -1.03. The van der Waals surface area contributed by atoms with Crippen molar-refractivity contribution >= 4 is 5.91 Å². The minimum atomic E-state index is 0.00333. The highest BCUT2D eigenvalue weighted by molar-refractivity contribution is 5.77. The predicted molar refractivity (Wildman–Crippen MR) is 72.2 cm³/mol. The summed E-state index contributed by atoms with van der Waals surface area (Å²) < 4.78 is 1.40. The number of quaternary nitrogens is 2. The van der Waals surface area contributed by atoms with E-state index in [2.05, 4.69) is 26.2 Å². The van der Waals surface area contributed by atoms with Crippen molar-refractivity contribution in [3.8, 4) is 0 Å². The van der Waals surface area contributed by atoms with Crippen LogP contribution in [-0.4, -0.2) is 73.9 Å². The predicted octanol–water partition coefficient (Wildman–Crippen LogP) is -1.38. The second-order valence-corrected chi connectivity index (χ2v) is 5.98. The molecule has 0 unspecified atom stereocenters. The molecule has 0 aromatic heterocycles. The van der Waals surface area contributed by atoms with Crippen molar-refractivity contribution in [2.24, 2.45) is 11.6 Å². The number of carbonyl (C=O) groups excluding carboxylic acids is 1. The Morgan fingerprint density at radius 1 is 1.28 bits per heavy atom. The maximum atomic E-state index is 11.7. The topological polar surface area (TPSA) is 81.1 Å². The number of likely N-dealkylation sites (N-methyl/N-ethyl adjacent to an activating group) is 1. The standard InChI is InChI=1S/C12H28N5O/c1-11(2)16(3)6-8-17(14,9-7-16)10-12(18)15-5-4-13/h11H,4-10,13-14H2,1-3H3/q+1/p+1. The quantitative estimate of drug-likeness (QED) is 0.420. The Morgan fingerprint density at radius 2 is 1.83 bits per heavy atom. The number of nitrogens with zero attached hydrogens (tertiary/aromatic N) is 2. The molecular weight excluding hydrogens is 230 g/mol. The molecule has 6 heteroatoms. The van der Waals surface area contributed by atoms with Crippen LogP contribution in [0.15, 0.2) is 0 Å². The van der Waals surface area contributed by atoms with Crippen LogP contribution < -0.4 is 16.9 Å². The largest absolute Gasteiger partial charge is 0.350 e. The number of carbonyl (C=O) groups is 1. The summed E-state index contributed by atoms with van der Waals surface area (Å²) in [6.45, 7) is 9.59. The summed E-state index contributed by atoms with van der Waals surface area (Å²) >= 11 is 0. The first-order valence-electron chi connectivity index (χ1n) is 6.77. The van der Waals surface area contributed by atoms with Crippen molar-refractivity contribution in [1.29, 1.82) is 0 Å². The highest BCUT2D eigenvalue weighted by Gasteiger charge is 2.40. The first kappa shape index (κ1) is 15.4. The zero-order valence-corrected chi connectivity index (χ0v) is 12.0. The number of nitrogens with two attached hydrogens (primary N) is 2. The van der Waals surface area contributed by atoms with Crippen molar-refractivity contribution < 1.29 is 13.9 Å². The number of piperazine rings is 1. The zero-order chi connectivity index (χ0) is 13.8. The van der Waals surface area contributed by atoms with Crippen molar-refractivity contribution in [2.75, 3.05) is 52.9 Å². The molecule has 0 bridgehead atoms. The van der Waals surface area contributed by atoms with Gasteiger partial charge in [-0.2, -0.15) is 5.84 Å². The molecule has 0 aromatic rings. The number of hydrogen-bond donors (Lipinski definition) is 3. The van der Waals surface area contributed by atoms with E-state index >= 15 is 0 Å². The summed E-state index contributed by atoms with van der Waals surface area (Å²) in [5.41, 5.74) is 5.36. The molecule has 0 radical (unpaired) electrons.